The predicted octanol–water partition coefficient (Wildman–Crippen LogP) is 7.40. The molecule has 10 nitrogen and oxygen atoms in total. The van der Waals surface area contributed by atoms with Crippen LogP contribution in [0.2, 0.25) is 10.0 Å². The van der Waals surface area contributed by atoms with Crippen molar-refractivity contribution >= 4 is 64.7 Å². The molecule has 3 aromatic carbocycles. The number of hydrogen-bond acceptors (Lipinski definition) is 7. The number of aryl methyl sites for hydroxylation is 1. The van der Waals surface area contributed by atoms with Crippen LogP contribution in [0, 0.1) is 17.0 Å². The second kappa shape index (κ2) is 12.0. The molecule has 0 aromatic heterocycles. The first-order valence-electron chi connectivity index (χ1n) is 13.3. The summed E-state index contributed by atoms with van der Waals surface area (Å²) in [5.74, 6) is 0.405. The number of ether oxygens (including phenoxy) is 2. The van der Waals surface area contributed by atoms with Gasteiger partial charge in [0, 0.05) is 50.1 Å². The minimum Gasteiger partial charge on any atom is -0.409 e. The smallest absolute Gasteiger partial charge is 0.409 e. The summed E-state index contributed by atoms with van der Waals surface area (Å²) in [5, 5.41) is 13.1. The number of nitro groups is 1. The van der Waals surface area contributed by atoms with Crippen LogP contribution in [-0.2, 0) is 4.74 Å². The summed E-state index contributed by atoms with van der Waals surface area (Å²) in [6, 6.07) is 15.3. The highest BCUT2D eigenvalue weighted by atomic mass is 35.5. The molecule has 2 aliphatic heterocycles. The van der Waals surface area contributed by atoms with Crippen LogP contribution in [0.15, 0.2) is 59.3 Å². The molecule has 0 aliphatic carbocycles. The molecule has 13 heteroatoms. The molecule has 0 bridgehead atoms. The van der Waals surface area contributed by atoms with Crippen LogP contribution >= 0.6 is 30.6 Å². The standard InChI is InChI=1S/C28H30Cl2N5O5P/c1-4-32(5-2)20-9-11-27-26(18-20)40-28(36)34(21-8-10-23(29)24(30)16-21)41(27,33-12-14-39-15-13-33)31-25-17-22(35(37)38)7-6-19(25)3/h6-11,16-18H,4-5,12-15H2,1-3H3. The number of nitrogens with zero attached hydrogens (tertiary/aromatic N) is 5. The number of carbonyl (C=O) groups is 1. The highest BCUT2D eigenvalue weighted by molar-refractivity contribution is 7.74. The molecular weight excluding hydrogens is 588 g/mol. The van der Waals surface area contributed by atoms with E-state index in [1.54, 1.807) is 28.9 Å². The molecule has 0 spiro atoms. The lowest BCUT2D eigenvalue weighted by molar-refractivity contribution is -0.384. The third kappa shape index (κ3) is 5.43. The van der Waals surface area contributed by atoms with E-state index < -0.39 is 18.4 Å². The Hall–Kier alpha value is -3.14. The summed E-state index contributed by atoms with van der Waals surface area (Å²) in [5.41, 5.74) is 2.42. The Bertz CT molecular complexity index is 1560. The largest absolute Gasteiger partial charge is 0.425 e. The number of nitro benzene ring substituents is 1. The van der Waals surface area contributed by atoms with Gasteiger partial charge in [-0.15, -0.1) is 0 Å². The molecule has 1 saturated heterocycles. The summed E-state index contributed by atoms with van der Waals surface area (Å²) in [4.78, 5) is 27.5. The van der Waals surface area contributed by atoms with Gasteiger partial charge in [0.25, 0.3) is 5.69 Å². The van der Waals surface area contributed by atoms with Crippen LogP contribution in [0.25, 0.3) is 0 Å². The minimum absolute atomic E-state index is 0.0905. The van der Waals surface area contributed by atoms with Gasteiger partial charge in [-0.2, -0.15) is 0 Å². The number of carbonyl (C=O) groups excluding carboxylic acids is 1. The van der Waals surface area contributed by atoms with Crippen LogP contribution in [0.1, 0.15) is 19.4 Å². The van der Waals surface area contributed by atoms with Gasteiger partial charge >= 0.3 is 6.09 Å². The fourth-order valence-electron chi connectivity index (χ4n) is 5.10. The number of non-ortho nitro benzene ring substituents is 1. The molecule has 2 heterocycles. The van der Waals surface area contributed by atoms with E-state index in [1.165, 1.54) is 12.1 Å². The third-order valence-corrected chi connectivity index (χ3v) is 11.6. The predicted molar refractivity (Wildman–Crippen MR) is 164 cm³/mol. The quantitative estimate of drug-likeness (QED) is 0.155. The summed E-state index contributed by atoms with van der Waals surface area (Å²) < 4.78 is 20.8. The lowest BCUT2D eigenvalue weighted by atomic mass is 10.2. The normalized spacial score (nSPS) is 19.0. The average Bonchev–Trinajstić information content (AvgIpc) is 2.96. The number of anilines is 2. The SMILES string of the molecule is CCN(CC)c1ccc2c(c1)OC(=O)N(c1ccc(Cl)c(Cl)c1)P2(=Nc1cc([N+](=O)[O-])ccc1C)N1CCOCC1. The zero-order valence-corrected chi connectivity index (χ0v) is 25.3. The highest BCUT2D eigenvalue weighted by Gasteiger charge is 2.48. The molecule has 2 aliphatic rings. The molecule has 0 saturated carbocycles. The van der Waals surface area contributed by atoms with Crippen molar-refractivity contribution in [3.05, 3.63) is 80.3 Å². The number of benzene rings is 3. The zero-order valence-electron chi connectivity index (χ0n) is 22.9. The molecule has 216 valence electrons. The maximum Gasteiger partial charge on any atom is 0.425 e. The molecule has 41 heavy (non-hydrogen) atoms. The van der Waals surface area contributed by atoms with Crippen LogP contribution in [-0.4, -0.2) is 55.1 Å². The van der Waals surface area contributed by atoms with Crippen LogP contribution in [0.3, 0.4) is 0 Å². The Morgan fingerprint density at radius 1 is 1.02 bits per heavy atom. The Morgan fingerprint density at radius 3 is 2.41 bits per heavy atom. The topological polar surface area (TPSA) is 101 Å². The zero-order chi connectivity index (χ0) is 29.3. The molecule has 1 atom stereocenters. The van der Waals surface area contributed by atoms with Crippen molar-refractivity contribution in [2.45, 2.75) is 20.8 Å². The lowest BCUT2D eigenvalue weighted by Crippen LogP contribution is -2.49. The monoisotopic (exact) mass is 617 g/mol. The van der Waals surface area contributed by atoms with Crippen molar-refractivity contribution < 1.29 is 19.2 Å². The summed E-state index contributed by atoms with van der Waals surface area (Å²) in [6.45, 7) is 9.35. The van der Waals surface area contributed by atoms with Crippen LogP contribution in [0.5, 0.6) is 5.75 Å². The van der Waals surface area contributed by atoms with E-state index in [1.807, 2.05) is 25.1 Å². The third-order valence-electron chi connectivity index (χ3n) is 7.22. The van der Waals surface area contributed by atoms with Crippen LogP contribution in [0.4, 0.5) is 27.5 Å². The molecule has 1 fully saturated rings. The van der Waals surface area contributed by atoms with Crippen molar-refractivity contribution in [2.24, 2.45) is 4.74 Å². The fraction of sp³-hybridized carbons (Fsp3) is 0.321. The summed E-state index contributed by atoms with van der Waals surface area (Å²) in [7, 11) is -3.25. The summed E-state index contributed by atoms with van der Waals surface area (Å²) >= 11 is 12.7. The average molecular weight is 618 g/mol. The first kappa shape index (κ1) is 29.4. The van der Waals surface area contributed by atoms with E-state index in [-0.39, 0.29) is 10.7 Å². The van der Waals surface area contributed by atoms with Gasteiger partial charge in [0.1, 0.15) is 5.75 Å². The number of halogens is 2. The number of rotatable bonds is 7. The van der Waals surface area contributed by atoms with Crippen molar-refractivity contribution in [1.29, 1.82) is 0 Å². The summed E-state index contributed by atoms with van der Waals surface area (Å²) in [6.07, 6.45) is -0.626. The van der Waals surface area contributed by atoms with E-state index in [9.17, 15) is 14.9 Å². The molecule has 0 radical (unpaired) electrons. The Balaban J connectivity index is 1.89. The Morgan fingerprint density at radius 2 is 1.76 bits per heavy atom. The number of fused-ring (bicyclic) bond motifs is 1. The van der Waals surface area contributed by atoms with Crippen molar-refractivity contribution in [2.75, 3.05) is 49.0 Å². The second-order valence-corrected chi connectivity index (χ2v) is 13.2. The molecule has 3 aromatic rings. The van der Waals surface area contributed by atoms with Gasteiger partial charge in [0.2, 0.25) is 0 Å². The Kier molecular flexibility index (Phi) is 8.59. The van der Waals surface area contributed by atoms with Gasteiger partial charge in [0.15, 0.2) is 7.36 Å². The van der Waals surface area contributed by atoms with Crippen LogP contribution < -0.4 is 19.6 Å². The van der Waals surface area contributed by atoms with E-state index in [4.69, 9.17) is 37.4 Å². The van der Waals surface area contributed by atoms with Gasteiger partial charge in [-0.25, -0.2) is 18.9 Å². The van der Waals surface area contributed by atoms with Crippen molar-refractivity contribution in [1.82, 2.24) is 4.67 Å². The van der Waals surface area contributed by atoms with E-state index in [0.29, 0.717) is 53.8 Å². The molecule has 1 unspecified atom stereocenters. The molecule has 1 amide bonds. The van der Waals surface area contributed by atoms with E-state index >= 15 is 0 Å². The Labute approximate surface area is 248 Å². The fourth-order valence-corrected chi connectivity index (χ4v) is 9.12. The maximum atomic E-state index is 14.1. The van der Waals surface area contributed by atoms with Gasteiger partial charge in [-0.3, -0.25) is 10.1 Å². The highest BCUT2D eigenvalue weighted by Crippen LogP contribution is 2.63. The molecule has 0 N–H and O–H groups in total. The lowest BCUT2D eigenvalue weighted by Gasteiger charge is -2.47. The number of morpholine rings is 1. The molecular formula is C28H30Cl2N5O5P. The maximum absolute atomic E-state index is 14.1. The second-order valence-electron chi connectivity index (χ2n) is 9.56. The number of amides is 1. The number of hydrogen-bond donors (Lipinski definition) is 0. The van der Waals surface area contributed by atoms with Gasteiger partial charge in [0.05, 0.1) is 44.9 Å². The first-order valence-corrected chi connectivity index (χ1v) is 15.7. The van der Waals surface area contributed by atoms with Gasteiger partial charge in [-0.05, 0) is 56.7 Å². The van der Waals surface area contributed by atoms with Gasteiger partial charge in [-0.1, -0.05) is 29.3 Å². The molecule has 5 rings (SSSR count). The van der Waals surface area contributed by atoms with E-state index in [0.717, 1.165) is 24.3 Å². The minimum atomic E-state index is -3.25. The van der Waals surface area contributed by atoms with Crippen molar-refractivity contribution in [3.63, 3.8) is 0 Å². The first-order chi connectivity index (χ1) is 19.7. The van der Waals surface area contributed by atoms with Gasteiger partial charge < -0.3 is 14.4 Å². The van der Waals surface area contributed by atoms with E-state index in [2.05, 4.69) is 23.4 Å². The van der Waals surface area contributed by atoms with Crippen molar-refractivity contribution in [3.8, 4) is 5.75 Å².